The summed E-state index contributed by atoms with van der Waals surface area (Å²) in [6, 6.07) is 6.56. The van der Waals surface area contributed by atoms with Crippen LogP contribution in [-0.4, -0.2) is 9.91 Å². The molecule has 0 amide bonds. The molecule has 2 aromatic rings. The Morgan fingerprint density at radius 1 is 1.35 bits per heavy atom. The van der Waals surface area contributed by atoms with Crippen LogP contribution in [0.2, 0.25) is 0 Å². The highest BCUT2D eigenvalue weighted by Crippen LogP contribution is 2.18. The second-order valence-electron chi connectivity index (χ2n) is 3.81. The van der Waals surface area contributed by atoms with Gasteiger partial charge in [0.15, 0.2) is 0 Å². The average molecular weight is 232 g/mol. The Kier molecular flexibility index (Phi) is 3.18. The van der Waals surface area contributed by atoms with Crippen LogP contribution in [0.3, 0.4) is 0 Å². The second-order valence-corrected chi connectivity index (χ2v) is 3.81. The summed E-state index contributed by atoms with van der Waals surface area (Å²) in [4.78, 5) is 13.3. The van der Waals surface area contributed by atoms with Crippen LogP contribution >= 0.6 is 0 Å². The molecule has 1 aromatic heterocycles. The van der Waals surface area contributed by atoms with E-state index in [4.69, 9.17) is 0 Å². The number of nitro groups is 1. The van der Waals surface area contributed by atoms with E-state index in [1.54, 1.807) is 12.1 Å². The first-order valence-corrected chi connectivity index (χ1v) is 5.54. The summed E-state index contributed by atoms with van der Waals surface area (Å²) in [6.45, 7) is 3.04. The maximum atomic E-state index is 10.6. The fourth-order valence-electron chi connectivity index (χ4n) is 1.78. The summed E-state index contributed by atoms with van der Waals surface area (Å²) in [5.41, 5.74) is 1.07. The van der Waals surface area contributed by atoms with Gasteiger partial charge >= 0.3 is 0 Å². The summed E-state index contributed by atoms with van der Waals surface area (Å²) in [6.07, 6.45) is 4.88. The van der Waals surface area contributed by atoms with Gasteiger partial charge in [0.2, 0.25) is 0 Å². The van der Waals surface area contributed by atoms with Crippen molar-refractivity contribution in [3.8, 4) is 11.4 Å². The molecule has 0 aliphatic heterocycles. The van der Waals surface area contributed by atoms with Crippen LogP contribution < -0.4 is 4.57 Å². The fraction of sp³-hybridized carbons (Fsp3) is 0.250. The molecular weight excluding hydrogens is 218 g/mol. The Morgan fingerprint density at radius 2 is 2.06 bits per heavy atom. The smallest absolute Gasteiger partial charge is 0.258 e. The third-order valence-electron chi connectivity index (χ3n) is 2.58. The molecule has 1 heterocycles. The van der Waals surface area contributed by atoms with Gasteiger partial charge in [-0.25, -0.2) is 9.55 Å². The van der Waals surface area contributed by atoms with Crippen molar-refractivity contribution in [1.29, 1.82) is 0 Å². The largest absolute Gasteiger partial charge is 0.286 e. The highest BCUT2D eigenvalue weighted by atomic mass is 16.6. The summed E-state index contributed by atoms with van der Waals surface area (Å²) < 4.78 is 2.10. The molecule has 0 saturated heterocycles. The summed E-state index contributed by atoms with van der Waals surface area (Å²) in [5.74, 6) is 0.974. The number of nitrogens with one attached hydrogen (secondary N) is 1. The van der Waals surface area contributed by atoms with E-state index in [2.05, 4.69) is 16.5 Å². The maximum absolute atomic E-state index is 10.6. The monoisotopic (exact) mass is 232 g/mol. The van der Waals surface area contributed by atoms with Gasteiger partial charge in [0, 0.05) is 12.1 Å². The first-order valence-electron chi connectivity index (χ1n) is 5.54. The van der Waals surface area contributed by atoms with Crippen molar-refractivity contribution in [2.24, 2.45) is 0 Å². The summed E-state index contributed by atoms with van der Waals surface area (Å²) in [5, 5.41) is 10.6. The number of nitrogens with zero attached hydrogens (tertiary/aromatic N) is 2. The third-order valence-corrected chi connectivity index (χ3v) is 2.58. The van der Waals surface area contributed by atoms with Crippen molar-refractivity contribution in [2.45, 2.75) is 19.9 Å². The van der Waals surface area contributed by atoms with Crippen LogP contribution in [0.1, 0.15) is 13.3 Å². The Bertz CT molecular complexity index is 517. The van der Waals surface area contributed by atoms with E-state index in [-0.39, 0.29) is 5.69 Å². The zero-order valence-corrected chi connectivity index (χ0v) is 9.59. The van der Waals surface area contributed by atoms with Gasteiger partial charge in [0.05, 0.1) is 17.0 Å². The molecule has 0 unspecified atom stereocenters. The lowest BCUT2D eigenvalue weighted by Crippen LogP contribution is -2.33. The molecule has 0 aliphatic rings. The SMILES string of the molecule is CCC[n+]1cc[nH]c1-c1ccc([N+](=O)[O-])cc1. The van der Waals surface area contributed by atoms with Crippen LogP contribution in [0.15, 0.2) is 36.7 Å². The number of aromatic nitrogens is 2. The van der Waals surface area contributed by atoms with Gasteiger partial charge in [-0.2, -0.15) is 0 Å². The normalized spacial score (nSPS) is 10.4. The number of H-pyrrole nitrogens is 1. The number of aryl methyl sites for hydroxylation is 1. The second kappa shape index (κ2) is 4.78. The lowest BCUT2D eigenvalue weighted by Gasteiger charge is -1.99. The topological polar surface area (TPSA) is 62.8 Å². The van der Waals surface area contributed by atoms with Crippen molar-refractivity contribution in [3.05, 3.63) is 46.8 Å². The number of non-ortho nitro benzene ring substituents is 1. The van der Waals surface area contributed by atoms with Crippen molar-refractivity contribution in [3.63, 3.8) is 0 Å². The quantitative estimate of drug-likeness (QED) is 0.499. The lowest BCUT2D eigenvalue weighted by atomic mass is 10.2. The molecule has 5 heteroatoms. The van der Waals surface area contributed by atoms with E-state index in [9.17, 15) is 10.1 Å². The Balaban J connectivity index is 2.33. The number of nitro benzene ring substituents is 1. The third kappa shape index (κ3) is 2.33. The van der Waals surface area contributed by atoms with Crippen molar-refractivity contribution in [1.82, 2.24) is 4.98 Å². The van der Waals surface area contributed by atoms with Crippen LogP contribution in [-0.2, 0) is 6.54 Å². The van der Waals surface area contributed by atoms with E-state index < -0.39 is 4.92 Å². The van der Waals surface area contributed by atoms with Crippen LogP contribution in [0.25, 0.3) is 11.4 Å². The Labute approximate surface area is 98.9 Å². The Hall–Kier alpha value is -2.17. The van der Waals surface area contributed by atoms with E-state index >= 15 is 0 Å². The predicted molar refractivity (Wildman–Crippen MR) is 63.4 cm³/mol. The molecule has 2 rings (SSSR count). The number of aromatic amines is 1. The molecule has 0 spiro atoms. The molecule has 0 radical (unpaired) electrons. The van der Waals surface area contributed by atoms with Gasteiger partial charge in [-0.3, -0.25) is 10.1 Å². The number of imidazole rings is 1. The average Bonchev–Trinajstić information content (AvgIpc) is 2.78. The van der Waals surface area contributed by atoms with Crippen LogP contribution in [0.4, 0.5) is 5.69 Å². The zero-order chi connectivity index (χ0) is 12.3. The summed E-state index contributed by atoms with van der Waals surface area (Å²) in [7, 11) is 0. The molecule has 5 nitrogen and oxygen atoms in total. The Morgan fingerprint density at radius 3 is 2.65 bits per heavy atom. The van der Waals surface area contributed by atoms with Crippen LogP contribution in [0, 0.1) is 10.1 Å². The highest BCUT2D eigenvalue weighted by Gasteiger charge is 2.13. The van der Waals surface area contributed by atoms with Gasteiger partial charge in [-0.05, 0) is 18.6 Å². The minimum Gasteiger partial charge on any atom is -0.258 e. The molecule has 0 saturated carbocycles. The van der Waals surface area contributed by atoms with Crippen molar-refractivity contribution < 1.29 is 9.49 Å². The van der Waals surface area contributed by atoms with E-state index in [0.29, 0.717) is 0 Å². The van der Waals surface area contributed by atoms with E-state index in [1.807, 2.05) is 12.4 Å². The highest BCUT2D eigenvalue weighted by molar-refractivity contribution is 5.54. The van der Waals surface area contributed by atoms with Crippen molar-refractivity contribution in [2.75, 3.05) is 0 Å². The first-order chi connectivity index (χ1) is 8.22. The number of rotatable bonds is 4. The summed E-state index contributed by atoms with van der Waals surface area (Å²) >= 11 is 0. The first kappa shape index (κ1) is 11.3. The van der Waals surface area contributed by atoms with Gasteiger partial charge < -0.3 is 0 Å². The molecule has 0 bridgehead atoms. The van der Waals surface area contributed by atoms with Crippen molar-refractivity contribution >= 4 is 5.69 Å². The van der Waals surface area contributed by atoms with Gasteiger partial charge in [0.25, 0.3) is 11.5 Å². The number of hydrogen-bond donors (Lipinski definition) is 1. The molecule has 17 heavy (non-hydrogen) atoms. The van der Waals surface area contributed by atoms with Gasteiger partial charge in [-0.15, -0.1) is 0 Å². The molecule has 1 N–H and O–H groups in total. The van der Waals surface area contributed by atoms with Crippen LogP contribution in [0.5, 0.6) is 0 Å². The predicted octanol–water partition coefficient (Wildman–Crippen LogP) is 2.29. The van der Waals surface area contributed by atoms with Gasteiger partial charge in [-0.1, -0.05) is 6.92 Å². The lowest BCUT2D eigenvalue weighted by molar-refractivity contribution is -0.684. The molecule has 0 fully saturated rings. The molecule has 1 aromatic carbocycles. The number of hydrogen-bond acceptors (Lipinski definition) is 2. The maximum Gasteiger partial charge on any atom is 0.286 e. The minimum atomic E-state index is -0.390. The van der Waals surface area contributed by atoms with Gasteiger partial charge in [0.1, 0.15) is 12.4 Å². The standard InChI is InChI=1S/C12H13N3O2/c1-2-8-14-9-7-13-12(14)10-3-5-11(6-4-10)15(16)17/h3-7,9H,2,8H2,1H3/p+1. The fourth-order valence-corrected chi connectivity index (χ4v) is 1.78. The molecule has 0 aliphatic carbocycles. The van der Waals surface area contributed by atoms with E-state index in [1.165, 1.54) is 12.1 Å². The van der Waals surface area contributed by atoms with E-state index in [0.717, 1.165) is 24.4 Å². The minimum absolute atomic E-state index is 0.113. The number of benzene rings is 1. The zero-order valence-electron chi connectivity index (χ0n) is 9.59. The molecule has 0 atom stereocenters. The molecule has 88 valence electrons. The molecular formula is C12H14N3O2+.